The van der Waals surface area contributed by atoms with Crippen LogP contribution < -0.4 is 4.74 Å². The number of nitrogens with zero attached hydrogens (tertiary/aromatic N) is 2. The Balaban J connectivity index is 2.74. The molecule has 1 heterocycles. The van der Waals surface area contributed by atoms with E-state index in [1.165, 1.54) is 0 Å². The summed E-state index contributed by atoms with van der Waals surface area (Å²) in [5, 5.41) is 0.918. The summed E-state index contributed by atoms with van der Waals surface area (Å²) in [5.74, 6) is 0.783. The Morgan fingerprint density at radius 1 is 1.47 bits per heavy atom. The number of hydrogen-bond donors (Lipinski definition) is 0. The van der Waals surface area contributed by atoms with E-state index in [2.05, 4.69) is 4.99 Å². The summed E-state index contributed by atoms with van der Waals surface area (Å²) in [6.45, 7) is 0. The van der Waals surface area contributed by atoms with Gasteiger partial charge in [0.05, 0.1) is 12.6 Å². The molecule has 0 saturated carbocycles. The van der Waals surface area contributed by atoms with Crippen LogP contribution in [-0.4, -0.2) is 17.8 Å². The second-order valence-corrected chi connectivity index (χ2v) is 3.21. The van der Waals surface area contributed by atoms with E-state index in [1.807, 2.05) is 29.8 Å². The Morgan fingerprint density at radius 2 is 2.27 bits per heavy atom. The minimum Gasteiger partial charge on any atom is -0.497 e. The van der Waals surface area contributed by atoms with Gasteiger partial charge in [-0.3, -0.25) is 0 Å². The third kappa shape index (κ3) is 1.51. The van der Waals surface area contributed by atoms with Crippen molar-refractivity contribution in [2.24, 2.45) is 12.0 Å². The quantitative estimate of drug-likeness (QED) is 0.553. The minimum absolute atomic E-state index is 0.630. The lowest BCUT2D eigenvalue weighted by Crippen LogP contribution is -1.86. The Bertz CT molecular complexity index is 551. The number of aryl methyl sites for hydroxylation is 1. The van der Waals surface area contributed by atoms with Gasteiger partial charge in [-0.15, -0.1) is 0 Å². The van der Waals surface area contributed by atoms with Crippen LogP contribution in [0.5, 0.6) is 5.75 Å². The van der Waals surface area contributed by atoms with Crippen LogP contribution >= 0.6 is 0 Å². The highest BCUT2D eigenvalue weighted by Crippen LogP contribution is 2.30. The van der Waals surface area contributed by atoms with Gasteiger partial charge in [-0.05, 0) is 12.1 Å². The maximum atomic E-state index is 10.2. The monoisotopic (exact) mass is 202 g/mol. The fourth-order valence-electron chi connectivity index (χ4n) is 1.61. The molecule has 0 amide bonds. The number of isocyanates is 1. The standard InChI is InChI=1S/C11H10N2O2/c1-13-6-10(12-7-14)9-4-3-8(15-2)5-11(9)13/h3-6H,1-2H3. The smallest absolute Gasteiger partial charge is 0.240 e. The summed E-state index contributed by atoms with van der Waals surface area (Å²) in [6, 6.07) is 5.62. The van der Waals surface area contributed by atoms with Crippen LogP contribution in [0.15, 0.2) is 29.4 Å². The van der Waals surface area contributed by atoms with Gasteiger partial charge < -0.3 is 9.30 Å². The average molecular weight is 202 g/mol. The first-order chi connectivity index (χ1) is 7.26. The van der Waals surface area contributed by atoms with Crippen molar-refractivity contribution in [2.75, 3.05) is 7.11 Å². The number of benzene rings is 1. The fraction of sp³-hybridized carbons (Fsp3) is 0.182. The number of fused-ring (bicyclic) bond motifs is 1. The largest absolute Gasteiger partial charge is 0.497 e. The summed E-state index contributed by atoms with van der Waals surface area (Å²) < 4.78 is 7.02. The van der Waals surface area contributed by atoms with Crippen molar-refractivity contribution in [2.45, 2.75) is 0 Å². The Morgan fingerprint density at radius 3 is 2.93 bits per heavy atom. The zero-order chi connectivity index (χ0) is 10.8. The van der Waals surface area contributed by atoms with Crippen LogP contribution in [0, 0.1) is 0 Å². The van der Waals surface area contributed by atoms with Crippen LogP contribution in [0.3, 0.4) is 0 Å². The normalized spacial score (nSPS) is 10.0. The third-order valence-corrected chi connectivity index (χ3v) is 2.34. The van der Waals surface area contributed by atoms with E-state index in [-0.39, 0.29) is 0 Å². The van der Waals surface area contributed by atoms with E-state index in [4.69, 9.17) is 4.74 Å². The molecule has 4 heteroatoms. The molecule has 0 bridgehead atoms. The summed E-state index contributed by atoms with van der Waals surface area (Å²) in [7, 11) is 3.51. The molecule has 15 heavy (non-hydrogen) atoms. The molecule has 0 N–H and O–H groups in total. The minimum atomic E-state index is 0.630. The van der Waals surface area contributed by atoms with Crippen molar-refractivity contribution < 1.29 is 9.53 Å². The van der Waals surface area contributed by atoms with Gasteiger partial charge in [0.2, 0.25) is 6.08 Å². The van der Waals surface area contributed by atoms with E-state index in [9.17, 15) is 4.79 Å². The van der Waals surface area contributed by atoms with Gasteiger partial charge in [-0.1, -0.05) is 0 Å². The summed E-state index contributed by atoms with van der Waals surface area (Å²) in [5.41, 5.74) is 1.61. The number of rotatable bonds is 2. The molecule has 2 aromatic rings. The van der Waals surface area contributed by atoms with Crippen molar-refractivity contribution in [3.05, 3.63) is 24.4 Å². The SMILES string of the molecule is COc1ccc2c(N=C=O)cn(C)c2c1. The molecule has 0 atom stereocenters. The molecule has 1 aromatic carbocycles. The Hall–Kier alpha value is -2.06. The zero-order valence-corrected chi connectivity index (χ0v) is 8.52. The first-order valence-electron chi connectivity index (χ1n) is 4.47. The second kappa shape index (κ2) is 3.59. The molecule has 0 fully saturated rings. The van der Waals surface area contributed by atoms with Gasteiger partial charge >= 0.3 is 0 Å². The van der Waals surface area contributed by atoms with Crippen molar-refractivity contribution in [1.29, 1.82) is 0 Å². The number of aliphatic imine (C=N–C) groups is 1. The van der Waals surface area contributed by atoms with Crippen LogP contribution in [0.2, 0.25) is 0 Å². The number of hydrogen-bond acceptors (Lipinski definition) is 3. The lowest BCUT2D eigenvalue weighted by atomic mass is 10.2. The van der Waals surface area contributed by atoms with Crippen molar-refractivity contribution in [3.63, 3.8) is 0 Å². The van der Waals surface area contributed by atoms with E-state index in [1.54, 1.807) is 19.4 Å². The number of methoxy groups -OCH3 is 1. The van der Waals surface area contributed by atoms with Crippen molar-refractivity contribution in [1.82, 2.24) is 4.57 Å². The molecule has 0 unspecified atom stereocenters. The maximum absolute atomic E-state index is 10.2. The molecule has 0 aliphatic carbocycles. The number of ether oxygens (including phenoxy) is 1. The van der Waals surface area contributed by atoms with E-state index < -0.39 is 0 Å². The lowest BCUT2D eigenvalue weighted by Gasteiger charge is -2.00. The molecule has 76 valence electrons. The molecule has 4 nitrogen and oxygen atoms in total. The third-order valence-electron chi connectivity index (χ3n) is 2.34. The highest BCUT2D eigenvalue weighted by Gasteiger charge is 2.06. The lowest BCUT2D eigenvalue weighted by molar-refractivity contribution is 0.415. The van der Waals surface area contributed by atoms with Gasteiger partial charge in [-0.25, -0.2) is 4.79 Å². The number of aromatic nitrogens is 1. The van der Waals surface area contributed by atoms with Crippen LogP contribution in [0.4, 0.5) is 5.69 Å². The molecule has 0 aliphatic rings. The number of carbonyl (C=O) groups excluding carboxylic acids is 1. The molecule has 0 aliphatic heterocycles. The van der Waals surface area contributed by atoms with Gasteiger partial charge in [0.1, 0.15) is 11.4 Å². The maximum Gasteiger partial charge on any atom is 0.240 e. The van der Waals surface area contributed by atoms with Crippen molar-refractivity contribution in [3.8, 4) is 5.75 Å². The van der Waals surface area contributed by atoms with E-state index >= 15 is 0 Å². The molecule has 0 radical (unpaired) electrons. The second-order valence-electron chi connectivity index (χ2n) is 3.21. The van der Waals surface area contributed by atoms with Crippen molar-refractivity contribution >= 4 is 22.7 Å². The highest BCUT2D eigenvalue weighted by molar-refractivity contribution is 5.93. The van der Waals surface area contributed by atoms with Gasteiger partial charge in [0.25, 0.3) is 0 Å². The van der Waals surface area contributed by atoms with Crippen LogP contribution in [0.25, 0.3) is 10.9 Å². The Kier molecular flexibility index (Phi) is 2.27. The fourth-order valence-corrected chi connectivity index (χ4v) is 1.61. The predicted octanol–water partition coefficient (Wildman–Crippen LogP) is 2.15. The van der Waals surface area contributed by atoms with Gasteiger partial charge in [0, 0.05) is 24.7 Å². The highest BCUT2D eigenvalue weighted by atomic mass is 16.5. The zero-order valence-electron chi connectivity index (χ0n) is 8.52. The predicted molar refractivity (Wildman–Crippen MR) is 57.3 cm³/mol. The molecule has 2 rings (SSSR count). The van der Waals surface area contributed by atoms with Gasteiger partial charge in [-0.2, -0.15) is 4.99 Å². The van der Waals surface area contributed by atoms with E-state index in [0.29, 0.717) is 5.69 Å². The topological polar surface area (TPSA) is 43.6 Å². The van der Waals surface area contributed by atoms with Gasteiger partial charge in [0.15, 0.2) is 0 Å². The average Bonchev–Trinajstić information content (AvgIpc) is 2.56. The first kappa shape index (κ1) is 9.49. The molecular formula is C11H10N2O2. The van der Waals surface area contributed by atoms with E-state index in [0.717, 1.165) is 16.7 Å². The molecule has 1 aromatic heterocycles. The molecular weight excluding hydrogens is 192 g/mol. The molecule has 0 saturated heterocycles. The summed E-state index contributed by atoms with van der Waals surface area (Å²) >= 11 is 0. The summed E-state index contributed by atoms with van der Waals surface area (Å²) in [4.78, 5) is 13.9. The van der Waals surface area contributed by atoms with Crippen LogP contribution in [-0.2, 0) is 11.8 Å². The first-order valence-corrected chi connectivity index (χ1v) is 4.47. The molecule has 0 spiro atoms. The van der Waals surface area contributed by atoms with Crippen LogP contribution in [0.1, 0.15) is 0 Å². The summed E-state index contributed by atoms with van der Waals surface area (Å²) in [6.07, 6.45) is 3.34. The Labute approximate surface area is 86.8 Å².